The van der Waals surface area contributed by atoms with Gasteiger partial charge in [-0.25, -0.2) is 4.67 Å². The van der Waals surface area contributed by atoms with Crippen molar-refractivity contribution in [1.82, 2.24) is 4.67 Å². The lowest BCUT2D eigenvalue weighted by atomic mass is 9.80. The van der Waals surface area contributed by atoms with Gasteiger partial charge in [-0.3, -0.25) is 0 Å². The SMILES string of the molecule is [B][C@H]1C[C@H](OP(OCCC#N)N(C(C)C)C(C)C)[C@@H](COC(c2ccccc2)(c2ccc(OC)cc2)c2ccc(OC)cc2)O1. The maximum absolute atomic E-state index is 9.14. The van der Waals surface area contributed by atoms with Gasteiger partial charge < -0.3 is 28.0 Å². The van der Waals surface area contributed by atoms with E-state index in [0.29, 0.717) is 6.42 Å². The second-order valence-corrected chi connectivity index (χ2v) is 12.9. The first-order valence-corrected chi connectivity index (χ1v) is 16.5. The summed E-state index contributed by atoms with van der Waals surface area (Å²) in [5.74, 6) is 1.50. The van der Waals surface area contributed by atoms with E-state index >= 15 is 0 Å². The molecule has 3 aromatic rings. The van der Waals surface area contributed by atoms with Crippen molar-refractivity contribution in [3.05, 3.63) is 95.6 Å². The summed E-state index contributed by atoms with van der Waals surface area (Å²) in [5.41, 5.74) is 1.80. The van der Waals surface area contributed by atoms with E-state index in [9.17, 15) is 0 Å². The van der Waals surface area contributed by atoms with Crippen LogP contribution < -0.4 is 9.47 Å². The van der Waals surface area contributed by atoms with E-state index in [2.05, 4.69) is 50.6 Å². The molecule has 1 saturated heterocycles. The third-order valence-electron chi connectivity index (χ3n) is 7.75. The Labute approximate surface area is 270 Å². The minimum Gasteiger partial charge on any atom is -0.497 e. The first kappa shape index (κ1) is 34.9. The molecule has 0 bridgehead atoms. The molecular formula is C35H44BN2O6P. The monoisotopic (exact) mass is 630 g/mol. The fourth-order valence-corrected chi connectivity index (χ4v) is 7.46. The molecule has 1 heterocycles. The van der Waals surface area contributed by atoms with Crippen molar-refractivity contribution in [2.24, 2.45) is 0 Å². The Morgan fingerprint density at radius 3 is 1.91 bits per heavy atom. The lowest BCUT2D eigenvalue weighted by Gasteiger charge is -2.39. The quantitative estimate of drug-likeness (QED) is 0.0728. The molecule has 0 aliphatic carbocycles. The molecule has 4 rings (SSSR count). The average molecular weight is 631 g/mol. The zero-order valence-corrected chi connectivity index (χ0v) is 28.0. The Morgan fingerprint density at radius 1 is 0.889 bits per heavy atom. The van der Waals surface area contributed by atoms with Gasteiger partial charge in [0.25, 0.3) is 8.53 Å². The minimum atomic E-state index is -1.49. The van der Waals surface area contributed by atoms with E-state index in [-0.39, 0.29) is 37.8 Å². The first-order valence-electron chi connectivity index (χ1n) is 15.4. The zero-order valence-electron chi connectivity index (χ0n) is 27.1. The summed E-state index contributed by atoms with van der Waals surface area (Å²) in [6, 6.07) is 28.0. The highest BCUT2D eigenvalue weighted by Gasteiger charge is 2.43. The Bertz CT molecular complexity index is 1300. The third-order valence-corrected chi connectivity index (χ3v) is 9.91. The number of methoxy groups -OCH3 is 2. The standard InChI is InChI=1S/C35H44BN2O6P/c1-25(2)38(26(3)4)45(42-22-10-21-37)44-32-23-34(36)43-33(32)24-41-35(27-11-8-7-9-12-27,28-13-17-30(39-5)18-14-28)29-15-19-31(40-6)20-16-29/h7-9,11-20,25-26,32-34H,10,22-24H2,1-6H3/t32-,33+,34+,45?/m0/s1. The second kappa shape index (κ2) is 16.6. The van der Waals surface area contributed by atoms with Crippen LogP contribution in [-0.4, -0.2) is 70.2 Å². The summed E-state index contributed by atoms with van der Waals surface area (Å²) < 4.78 is 39.4. The molecule has 2 radical (unpaired) electrons. The van der Waals surface area contributed by atoms with Gasteiger partial charge in [-0.05, 0) is 75.1 Å². The molecule has 45 heavy (non-hydrogen) atoms. The van der Waals surface area contributed by atoms with E-state index in [4.69, 9.17) is 41.1 Å². The Kier molecular flexibility index (Phi) is 12.8. The van der Waals surface area contributed by atoms with Crippen molar-refractivity contribution < 1.29 is 28.0 Å². The van der Waals surface area contributed by atoms with Gasteiger partial charge >= 0.3 is 0 Å². The van der Waals surface area contributed by atoms with E-state index in [1.54, 1.807) is 14.2 Å². The maximum Gasteiger partial charge on any atom is 0.259 e. The number of nitriles is 1. The van der Waals surface area contributed by atoms with Crippen LogP contribution in [0.15, 0.2) is 78.9 Å². The van der Waals surface area contributed by atoms with Gasteiger partial charge in [0.1, 0.15) is 31.1 Å². The smallest absolute Gasteiger partial charge is 0.259 e. The van der Waals surface area contributed by atoms with Crippen LogP contribution in [0.1, 0.15) is 57.2 Å². The van der Waals surface area contributed by atoms with Gasteiger partial charge in [0, 0.05) is 18.1 Å². The van der Waals surface area contributed by atoms with Crippen LogP contribution in [0, 0.1) is 11.3 Å². The van der Waals surface area contributed by atoms with Gasteiger partial charge in [-0.2, -0.15) is 5.26 Å². The van der Waals surface area contributed by atoms with Crippen molar-refractivity contribution in [3.63, 3.8) is 0 Å². The van der Waals surface area contributed by atoms with Crippen molar-refractivity contribution >= 4 is 16.4 Å². The second-order valence-electron chi connectivity index (χ2n) is 11.5. The zero-order chi connectivity index (χ0) is 32.4. The normalized spacial score (nSPS) is 19.2. The highest BCUT2D eigenvalue weighted by atomic mass is 31.2. The summed E-state index contributed by atoms with van der Waals surface area (Å²) in [4.78, 5) is 0. The number of rotatable bonds is 16. The van der Waals surface area contributed by atoms with Crippen LogP contribution in [-0.2, 0) is 24.1 Å². The molecule has 238 valence electrons. The predicted molar refractivity (Wildman–Crippen MR) is 177 cm³/mol. The molecule has 0 spiro atoms. The molecule has 4 atom stereocenters. The predicted octanol–water partition coefficient (Wildman–Crippen LogP) is 6.96. The number of benzene rings is 3. The van der Waals surface area contributed by atoms with Gasteiger partial charge in [-0.1, -0.05) is 54.6 Å². The molecule has 0 aromatic heterocycles. The summed E-state index contributed by atoms with van der Waals surface area (Å²) in [7, 11) is 8.18. The molecule has 0 amide bonds. The molecule has 8 nitrogen and oxygen atoms in total. The summed E-state index contributed by atoms with van der Waals surface area (Å²) >= 11 is 0. The van der Waals surface area contributed by atoms with Gasteiger partial charge in [0.2, 0.25) is 0 Å². The van der Waals surface area contributed by atoms with Crippen molar-refractivity contribution in [3.8, 4) is 17.6 Å². The van der Waals surface area contributed by atoms with E-state index in [1.807, 2.05) is 66.7 Å². The number of nitrogens with zero attached hydrogens (tertiary/aromatic N) is 2. The third kappa shape index (κ3) is 8.45. The van der Waals surface area contributed by atoms with Crippen molar-refractivity contribution in [1.29, 1.82) is 5.26 Å². The van der Waals surface area contributed by atoms with Gasteiger partial charge in [0.05, 0.1) is 46.0 Å². The molecule has 10 heteroatoms. The van der Waals surface area contributed by atoms with E-state index < -0.39 is 26.2 Å². The van der Waals surface area contributed by atoms with E-state index in [0.717, 1.165) is 28.2 Å². The summed E-state index contributed by atoms with van der Waals surface area (Å²) in [6.45, 7) is 8.92. The highest BCUT2D eigenvalue weighted by Crippen LogP contribution is 2.49. The molecular weight excluding hydrogens is 586 g/mol. The highest BCUT2D eigenvalue weighted by molar-refractivity contribution is 7.44. The summed E-state index contributed by atoms with van der Waals surface area (Å²) in [6.07, 6.45) is -0.0799. The molecule has 0 saturated carbocycles. The topological polar surface area (TPSA) is 82.4 Å². The molecule has 1 fully saturated rings. The van der Waals surface area contributed by atoms with Crippen molar-refractivity contribution in [2.45, 2.75) is 76.4 Å². The molecule has 0 N–H and O–H groups in total. The van der Waals surface area contributed by atoms with Gasteiger partial charge in [0.15, 0.2) is 0 Å². The fraction of sp³-hybridized carbons (Fsp3) is 0.457. The number of ether oxygens (including phenoxy) is 4. The van der Waals surface area contributed by atoms with Crippen LogP contribution in [0.3, 0.4) is 0 Å². The van der Waals surface area contributed by atoms with Crippen molar-refractivity contribution in [2.75, 3.05) is 27.4 Å². The first-order chi connectivity index (χ1) is 21.7. The van der Waals surface area contributed by atoms with E-state index in [1.165, 1.54) is 0 Å². The van der Waals surface area contributed by atoms with Crippen LogP contribution >= 0.6 is 8.53 Å². The van der Waals surface area contributed by atoms with Gasteiger partial charge in [-0.15, -0.1) is 0 Å². The lowest BCUT2D eigenvalue weighted by Crippen LogP contribution is -2.39. The fourth-order valence-electron chi connectivity index (χ4n) is 5.70. The Balaban J connectivity index is 1.72. The van der Waals surface area contributed by atoms with Crippen LogP contribution in [0.4, 0.5) is 0 Å². The largest absolute Gasteiger partial charge is 0.497 e. The summed E-state index contributed by atoms with van der Waals surface area (Å²) in [5, 5.41) is 9.14. The Morgan fingerprint density at radius 2 is 1.42 bits per heavy atom. The lowest BCUT2D eigenvalue weighted by molar-refractivity contribution is -0.0714. The van der Waals surface area contributed by atoms with Crippen LogP contribution in [0.2, 0.25) is 0 Å². The minimum absolute atomic E-state index is 0.166. The number of hydrogen-bond acceptors (Lipinski definition) is 8. The molecule has 1 aliphatic heterocycles. The number of hydrogen-bond donors (Lipinski definition) is 0. The average Bonchev–Trinajstić information content (AvgIpc) is 3.40. The molecule has 3 aromatic carbocycles. The molecule has 1 aliphatic rings. The van der Waals surface area contributed by atoms with Crippen LogP contribution in [0.5, 0.6) is 11.5 Å². The maximum atomic E-state index is 9.14. The molecule has 1 unspecified atom stereocenters. The van der Waals surface area contributed by atoms with Crippen LogP contribution in [0.25, 0.3) is 0 Å². The Hall–Kier alpha value is -2.96.